The van der Waals surface area contributed by atoms with Crippen LogP contribution in [0.5, 0.6) is 5.75 Å². The van der Waals surface area contributed by atoms with Crippen LogP contribution in [-0.2, 0) is 16.0 Å². The molecule has 0 saturated heterocycles. The average Bonchev–Trinajstić information content (AvgIpc) is 2.37. The molecule has 128 valence electrons. The van der Waals surface area contributed by atoms with Crippen molar-refractivity contribution in [3.8, 4) is 5.75 Å². The molecular formula is C11H9F5N2O5. The SMILES string of the molecule is CCOC(=O)Cc1nc([N+](=O)[O-])c(OC(F)(F)F)cc1C(F)F. The van der Waals surface area contributed by atoms with Crippen LogP contribution < -0.4 is 4.74 Å². The van der Waals surface area contributed by atoms with Crippen LogP contribution in [0.25, 0.3) is 0 Å². The lowest BCUT2D eigenvalue weighted by Gasteiger charge is -2.11. The molecule has 7 nitrogen and oxygen atoms in total. The van der Waals surface area contributed by atoms with E-state index in [0.717, 1.165) is 0 Å². The van der Waals surface area contributed by atoms with Crippen LogP contribution in [0.4, 0.5) is 27.8 Å². The molecule has 0 aliphatic rings. The number of halogens is 5. The first-order chi connectivity index (χ1) is 10.5. The van der Waals surface area contributed by atoms with Crippen LogP contribution in [-0.4, -0.2) is 28.8 Å². The van der Waals surface area contributed by atoms with Crippen molar-refractivity contribution in [3.63, 3.8) is 0 Å². The number of pyridine rings is 1. The molecule has 0 radical (unpaired) electrons. The lowest BCUT2D eigenvalue weighted by atomic mass is 10.1. The van der Waals surface area contributed by atoms with E-state index in [9.17, 15) is 36.9 Å². The molecule has 0 atom stereocenters. The summed E-state index contributed by atoms with van der Waals surface area (Å²) >= 11 is 0. The fourth-order valence-corrected chi connectivity index (χ4v) is 1.55. The summed E-state index contributed by atoms with van der Waals surface area (Å²) in [7, 11) is 0. The number of ether oxygens (including phenoxy) is 2. The van der Waals surface area contributed by atoms with Crippen molar-refractivity contribution in [1.82, 2.24) is 4.98 Å². The average molecular weight is 344 g/mol. The lowest BCUT2D eigenvalue weighted by Crippen LogP contribution is -2.19. The normalized spacial score (nSPS) is 11.4. The molecule has 1 aromatic heterocycles. The first kappa shape index (κ1) is 18.5. The summed E-state index contributed by atoms with van der Waals surface area (Å²) in [6, 6.07) is 0.137. The predicted octanol–water partition coefficient (Wildman–Crippen LogP) is 2.93. The summed E-state index contributed by atoms with van der Waals surface area (Å²) in [5, 5.41) is 10.7. The Morgan fingerprint density at radius 2 is 2.04 bits per heavy atom. The minimum atomic E-state index is -5.34. The molecule has 0 fully saturated rings. The molecule has 0 spiro atoms. The van der Waals surface area contributed by atoms with Gasteiger partial charge >= 0.3 is 18.1 Å². The second kappa shape index (κ2) is 7.15. The van der Waals surface area contributed by atoms with Gasteiger partial charge in [-0.25, -0.2) is 8.78 Å². The van der Waals surface area contributed by atoms with Crippen molar-refractivity contribution in [2.75, 3.05) is 6.61 Å². The van der Waals surface area contributed by atoms with Gasteiger partial charge in [-0.15, -0.1) is 13.2 Å². The monoisotopic (exact) mass is 344 g/mol. The van der Waals surface area contributed by atoms with Gasteiger partial charge in [0, 0.05) is 6.07 Å². The maximum Gasteiger partial charge on any atom is 0.573 e. The minimum absolute atomic E-state index is 0.0831. The van der Waals surface area contributed by atoms with Gasteiger partial charge in [-0.3, -0.25) is 4.79 Å². The van der Waals surface area contributed by atoms with Crippen LogP contribution in [0.2, 0.25) is 0 Å². The lowest BCUT2D eigenvalue weighted by molar-refractivity contribution is -0.393. The molecule has 12 heteroatoms. The number of nitrogens with zero attached hydrogens (tertiary/aromatic N) is 2. The summed E-state index contributed by atoms with van der Waals surface area (Å²) in [5.41, 5.74) is -1.86. The molecule has 1 heterocycles. The first-order valence-electron chi connectivity index (χ1n) is 5.92. The molecule has 0 saturated carbocycles. The number of hydrogen-bond donors (Lipinski definition) is 0. The Labute approximate surface area is 125 Å². The van der Waals surface area contributed by atoms with Gasteiger partial charge in [0.1, 0.15) is 6.42 Å². The molecule has 0 unspecified atom stereocenters. The molecule has 0 N–H and O–H groups in total. The van der Waals surface area contributed by atoms with E-state index in [-0.39, 0.29) is 12.7 Å². The van der Waals surface area contributed by atoms with Crippen molar-refractivity contribution in [2.24, 2.45) is 0 Å². The third kappa shape index (κ3) is 5.30. The Morgan fingerprint density at radius 3 is 2.48 bits per heavy atom. The van der Waals surface area contributed by atoms with E-state index in [1.54, 1.807) is 0 Å². The first-order valence-corrected chi connectivity index (χ1v) is 5.92. The van der Waals surface area contributed by atoms with Crippen molar-refractivity contribution >= 4 is 11.8 Å². The molecule has 1 rings (SSSR count). The Balaban J connectivity index is 3.38. The second-order valence-corrected chi connectivity index (χ2v) is 3.93. The molecule has 0 amide bonds. The number of esters is 1. The van der Waals surface area contributed by atoms with E-state index >= 15 is 0 Å². The number of hydrogen-bond acceptors (Lipinski definition) is 6. The standard InChI is InChI=1S/C11H9F5N2O5/c1-2-22-8(19)4-6-5(9(12)13)3-7(23-11(14,15)16)10(17-6)18(20)21/h3,9H,2,4H2,1H3. The van der Waals surface area contributed by atoms with E-state index in [1.807, 2.05) is 0 Å². The highest BCUT2D eigenvalue weighted by Crippen LogP contribution is 2.35. The highest BCUT2D eigenvalue weighted by molar-refractivity contribution is 5.72. The van der Waals surface area contributed by atoms with E-state index in [4.69, 9.17) is 0 Å². The van der Waals surface area contributed by atoms with E-state index in [1.165, 1.54) is 6.92 Å². The summed E-state index contributed by atoms with van der Waals surface area (Å²) in [5.74, 6) is -3.95. The smallest absolute Gasteiger partial charge is 0.466 e. The van der Waals surface area contributed by atoms with Crippen LogP contribution >= 0.6 is 0 Å². The van der Waals surface area contributed by atoms with Crippen molar-refractivity contribution in [3.05, 3.63) is 27.4 Å². The topological polar surface area (TPSA) is 91.6 Å². The largest absolute Gasteiger partial charge is 0.573 e. The molecule has 1 aromatic rings. The van der Waals surface area contributed by atoms with Gasteiger partial charge in [0.15, 0.2) is 5.69 Å². The minimum Gasteiger partial charge on any atom is -0.466 e. The van der Waals surface area contributed by atoms with Gasteiger partial charge in [-0.1, -0.05) is 0 Å². The number of carbonyl (C=O) groups is 1. The van der Waals surface area contributed by atoms with Crippen molar-refractivity contribution < 1.29 is 41.1 Å². The van der Waals surface area contributed by atoms with Crippen LogP contribution in [0.15, 0.2) is 6.07 Å². The zero-order chi connectivity index (χ0) is 17.8. The highest BCUT2D eigenvalue weighted by Gasteiger charge is 2.37. The van der Waals surface area contributed by atoms with Gasteiger partial charge in [0.25, 0.3) is 6.43 Å². The Kier molecular flexibility index (Phi) is 5.76. The summed E-state index contributed by atoms with van der Waals surface area (Å²) < 4.78 is 70.2. The zero-order valence-electron chi connectivity index (χ0n) is 11.4. The Hall–Kier alpha value is -2.53. The maximum atomic E-state index is 12.9. The van der Waals surface area contributed by atoms with E-state index < -0.39 is 52.9 Å². The quantitative estimate of drug-likeness (QED) is 0.341. The molecule has 0 aromatic carbocycles. The molecular weight excluding hydrogens is 335 g/mol. The zero-order valence-corrected chi connectivity index (χ0v) is 11.4. The molecule has 23 heavy (non-hydrogen) atoms. The summed E-state index contributed by atoms with van der Waals surface area (Å²) in [6.45, 7) is 1.35. The summed E-state index contributed by atoms with van der Waals surface area (Å²) in [4.78, 5) is 23.8. The van der Waals surface area contributed by atoms with Gasteiger partial charge < -0.3 is 19.6 Å². The maximum absolute atomic E-state index is 12.9. The molecule has 0 aliphatic carbocycles. The van der Waals surface area contributed by atoms with E-state index in [0.29, 0.717) is 0 Å². The van der Waals surface area contributed by atoms with E-state index in [2.05, 4.69) is 14.5 Å². The van der Waals surface area contributed by atoms with Gasteiger partial charge in [0.2, 0.25) is 5.75 Å². The molecule has 0 bridgehead atoms. The van der Waals surface area contributed by atoms with Gasteiger partial charge in [-0.05, 0) is 16.8 Å². The van der Waals surface area contributed by atoms with Crippen LogP contribution in [0, 0.1) is 10.1 Å². The fourth-order valence-electron chi connectivity index (χ4n) is 1.55. The van der Waals surface area contributed by atoms with Crippen LogP contribution in [0.3, 0.4) is 0 Å². The Bertz CT molecular complexity index is 605. The fraction of sp³-hybridized carbons (Fsp3) is 0.455. The second-order valence-electron chi connectivity index (χ2n) is 3.93. The number of alkyl halides is 5. The van der Waals surface area contributed by atoms with Gasteiger partial charge in [0.05, 0.1) is 12.2 Å². The van der Waals surface area contributed by atoms with Gasteiger partial charge in [-0.2, -0.15) is 0 Å². The number of aromatic nitrogens is 1. The highest BCUT2D eigenvalue weighted by atomic mass is 19.4. The van der Waals surface area contributed by atoms with Crippen LogP contribution in [0.1, 0.15) is 24.6 Å². The number of rotatable bonds is 6. The predicted molar refractivity (Wildman–Crippen MR) is 62.9 cm³/mol. The third-order valence-electron chi connectivity index (χ3n) is 2.33. The number of carbonyl (C=O) groups excluding carboxylic acids is 1. The van der Waals surface area contributed by atoms with Crippen molar-refractivity contribution in [1.29, 1.82) is 0 Å². The number of nitro groups is 1. The van der Waals surface area contributed by atoms with Crippen molar-refractivity contribution in [2.45, 2.75) is 26.1 Å². The Morgan fingerprint density at radius 1 is 1.43 bits per heavy atom. The summed E-state index contributed by atoms with van der Waals surface area (Å²) in [6.07, 6.45) is -9.53. The molecule has 0 aliphatic heterocycles. The third-order valence-corrected chi connectivity index (χ3v) is 2.33.